The van der Waals surface area contributed by atoms with Crippen LogP contribution in [0.25, 0.3) is 0 Å². The molecule has 0 saturated carbocycles. The van der Waals surface area contributed by atoms with Crippen molar-refractivity contribution in [2.75, 3.05) is 13.1 Å². The molecule has 2 atom stereocenters. The summed E-state index contributed by atoms with van der Waals surface area (Å²) in [5, 5.41) is 7.26. The Labute approximate surface area is 153 Å². The number of aromatic nitrogens is 4. The minimum atomic E-state index is -0.274. The van der Waals surface area contributed by atoms with Crippen molar-refractivity contribution in [2.45, 2.75) is 39.3 Å². The molecule has 1 saturated heterocycles. The Kier molecular flexibility index (Phi) is 5.39. The molecule has 1 aliphatic rings. The monoisotopic (exact) mass is 358 g/mol. The second-order valence-electron chi connectivity index (χ2n) is 6.61. The zero-order valence-corrected chi connectivity index (χ0v) is 15.6. The summed E-state index contributed by atoms with van der Waals surface area (Å²) >= 11 is 0. The summed E-state index contributed by atoms with van der Waals surface area (Å²) in [4.78, 5) is 31.2. The van der Waals surface area contributed by atoms with E-state index in [-0.39, 0.29) is 23.8 Å². The first-order valence-corrected chi connectivity index (χ1v) is 9.05. The van der Waals surface area contributed by atoms with E-state index in [1.165, 1.54) is 0 Å². The maximum absolute atomic E-state index is 12.9. The van der Waals surface area contributed by atoms with Gasteiger partial charge in [0, 0.05) is 51.7 Å². The summed E-state index contributed by atoms with van der Waals surface area (Å²) in [6, 6.07) is 1.62. The molecular formula is C18H26N6O2. The maximum Gasteiger partial charge on any atom is 0.225 e. The molecule has 26 heavy (non-hydrogen) atoms. The smallest absolute Gasteiger partial charge is 0.225 e. The first kappa shape index (κ1) is 18.2. The van der Waals surface area contributed by atoms with Crippen molar-refractivity contribution >= 4 is 11.8 Å². The van der Waals surface area contributed by atoms with E-state index in [0.717, 1.165) is 11.5 Å². The quantitative estimate of drug-likeness (QED) is 0.836. The molecule has 1 fully saturated rings. The number of likely N-dealkylation sites (tertiary alicyclic amines) is 1. The summed E-state index contributed by atoms with van der Waals surface area (Å²) in [6.07, 6.45) is 6.32. The van der Waals surface area contributed by atoms with Crippen LogP contribution in [-0.4, -0.2) is 49.1 Å². The van der Waals surface area contributed by atoms with Crippen molar-refractivity contribution in [1.29, 1.82) is 0 Å². The summed E-state index contributed by atoms with van der Waals surface area (Å²) in [5.41, 5.74) is 0.894. The molecule has 2 amide bonds. The van der Waals surface area contributed by atoms with Crippen LogP contribution in [-0.2, 0) is 23.2 Å². The number of hydrogen-bond acceptors (Lipinski definition) is 4. The highest BCUT2D eigenvalue weighted by molar-refractivity contribution is 5.84. The first-order valence-electron chi connectivity index (χ1n) is 9.05. The van der Waals surface area contributed by atoms with Gasteiger partial charge >= 0.3 is 0 Å². The van der Waals surface area contributed by atoms with Crippen LogP contribution in [0.4, 0.5) is 0 Å². The standard InChI is InChI=1S/C18H26N6O2/c1-4-24-16(25)6-5-14(17(24)15-7-8-21-22(15)3)18(26)20-10-12-23-11-9-19-13(23)2/h7-9,11,14,17H,4-6,10,12H2,1-3H3,(H,20,26)/t14-,17-/m0/s1. The van der Waals surface area contributed by atoms with Crippen LogP contribution in [0.2, 0.25) is 0 Å². The lowest BCUT2D eigenvalue weighted by atomic mass is 9.85. The molecule has 0 radical (unpaired) electrons. The van der Waals surface area contributed by atoms with Crippen LogP contribution >= 0.6 is 0 Å². The van der Waals surface area contributed by atoms with Gasteiger partial charge in [0.2, 0.25) is 11.8 Å². The van der Waals surface area contributed by atoms with Crippen molar-refractivity contribution in [2.24, 2.45) is 13.0 Å². The van der Waals surface area contributed by atoms with Gasteiger partial charge in [-0.05, 0) is 26.3 Å². The number of nitrogens with one attached hydrogen (secondary N) is 1. The predicted molar refractivity (Wildman–Crippen MR) is 96.0 cm³/mol. The molecule has 3 rings (SSSR count). The van der Waals surface area contributed by atoms with Crippen LogP contribution in [0, 0.1) is 12.8 Å². The zero-order chi connectivity index (χ0) is 18.7. The van der Waals surface area contributed by atoms with Gasteiger partial charge in [0.1, 0.15) is 5.82 Å². The molecule has 140 valence electrons. The lowest BCUT2D eigenvalue weighted by molar-refractivity contribution is -0.143. The van der Waals surface area contributed by atoms with E-state index < -0.39 is 0 Å². The molecule has 1 aliphatic heterocycles. The van der Waals surface area contributed by atoms with E-state index in [2.05, 4.69) is 15.4 Å². The van der Waals surface area contributed by atoms with Crippen LogP contribution in [0.5, 0.6) is 0 Å². The molecule has 2 aromatic rings. The molecule has 3 heterocycles. The molecule has 0 bridgehead atoms. The molecule has 0 spiro atoms. The number of nitrogens with zero attached hydrogens (tertiary/aromatic N) is 5. The van der Waals surface area contributed by atoms with Gasteiger partial charge in [0.15, 0.2) is 0 Å². The van der Waals surface area contributed by atoms with Crippen LogP contribution in [0.15, 0.2) is 24.7 Å². The van der Waals surface area contributed by atoms with Gasteiger partial charge in [-0.3, -0.25) is 14.3 Å². The predicted octanol–water partition coefficient (Wildman–Crippen LogP) is 1.04. The van der Waals surface area contributed by atoms with Gasteiger partial charge in [0.05, 0.1) is 17.7 Å². The highest BCUT2D eigenvalue weighted by Crippen LogP contribution is 2.36. The second-order valence-corrected chi connectivity index (χ2v) is 6.61. The van der Waals surface area contributed by atoms with E-state index >= 15 is 0 Å². The maximum atomic E-state index is 12.9. The highest BCUT2D eigenvalue weighted by Gasteiger charge is 2.41. The van der Waals surface area contributed by atoms with E-state index in [0.29, 0.717) is 32.5 Å². The Bertz CT molecular complexity index is 780. The third-order valence-electron chi connectivity index (χ3n) is 5.12. The van der Waals surface area contributed by atoms with Crippen molar-refractivity contribution in [1.82, 2.24) is 29.5 Å². The van der Waals surface area contributed by atoms with Gasteiger partial charge in [-0.15, -0.1) is 0 Å². The number of amides is 2. The summed E-state index contributed by atoms with van der Waals surface area (Å²) in [6.45, 7) is 5.67. The van der Waals surface area contributed by atoms with Crippen molar-refractivity contribution < 1.29 is 9.59 Å². The number of rotatable bonds is 6. The van der Waals surface area contributed by atoms with Crippen molar-refractivity contribution in [3.05, 3.63) is 36.2 Å². The van der Waals surface area contributed by atoms with E-state index in [9.17, 15) is 9.59 Å². The number of imidazole rings is 1. The van der Waals surface area contributed by atoms with Crippen LogP contribution in [0.3, 0.4) is 0 Å². The van der Waals surface area contributed by atoms with E-state index in [4.69, 9.17) is 0 Å². The van der Waals surface area contributed by atoms with Gasteiger partial charge in [0.25, 0.3) is 0 Å². The molecule has 2 aromatic heterocycles. The SMILES string of the molecule is CCN1C(=O)CC[C@H](C(=O)NCCn2ccnc2C)[C@H]1c1ccnn1C. The number of piperidine rings is 1. The van der Waals surface area contributed by atoms with Crippen LogP contribution < -0.4 is 5.32 Å². The summed E-state index contributed by atoms with van der Waals surface area (Å²) in [7, 11) is 1.85. The van der Waals surface area contributed by atoms with Gasteiger partial charge in [-0.2, -0.15) is 5.10 Å². The minimum Gasteiger partial charge on any atom is -0.354 e. The fraction of sp³-hybridized carbons (Fsp3) is 0.556. The fourth-order valence-electron chi connectivity index (χ4n) is 3.71. The average Bonchev–Trinajstić information content (AvgIpc) is 3.22. The van der Waals surface area contributed by atoms with Gasteiger partial charge in [-0.25, -0.2) is 4.98 Å². The number of aryl methyl sites for hydroxylation is 2. The highest BCUT2D eigenvalue weighted by atomic mass is 16.2. The molecule has 0 aromatic carbocycles. The normalized spacial score (nSPS) is 20.4. The molecule has 8 nitrogen and oxygen atoms in total. The number of carbonyl (C=O) groups is 2. The first-order chi connectivity index (χ1) is 12.5. The Morgan fingerprint density at radius 3 is 2.81 bits per heavy atom. The lowest BCUT2D eigenvalue weighted by Gasteiger charge is -2.40. The minimum absolute atomic E-state index is 0.0140. The van der Waals surface area contributed by atoms with Crippen molar-refractivity contribution in [3.8, 4) is 0 Å². The Balaban J connectivity index is 1.73. The third-order valence-corrected chi connectivity index (χ3v) is 5.12. The average molecular weight is 358 g/mol. The van der Waals surface area contributed by atoms with E-state index in [1.807, 2.05) is 37.7 Å². The summed E-state index contributed by atoms with van der Waals surface area (Å²) < 4.78 is 3.75. The molecular weight excluding hydrogens is 332 g/mol. The molecule has 0 aliphatic carbocycles. The topological polar surface area (TPSA) is 85.1 Å². The largest absolute Gasteiger partial charge is 0.354 e. The summed E-state index contributed by atoms with van der Waals surface area (Å²) in [5.74, 6) is 0.732. The van der Waals surface area contributed by atoms with Gasteiger partial charge < -0.3 is 14.8 Å². The Hall–Kier alpha value is -2.64. The number of carbonyl (C=O) groups excluding carboxylic acids is 2. The number of hydrogen-bond donors (Lipinski definition) is 1. The second kappa shape index (κ2) is 7.72. The lowest BCUT2D eigenvalue weighted by Crippen LogP contribution is -2.48. The molecule has 0 unspecified atom stereocenters. The Morgan fingerprint density at radius 1 is 1.38 bits per heavy atom. The van der Waals surface area contributed by atoms with Crippen molar-refractivity contribution in [3.63, 3.8) is 0 Å². The molecule has 8 heteroatoms. The third kappa shape index (κ3) is 3.49. The Morgan fingerprint density at radius 2 is 2.19 bits per heavy atom. The van der Waals surface area contributed by atoms with Gasteiger partial charge in [-0.1, -0.05) is 0 Å². The molecule has 1 N–H and O–H groups in total. The van der Waals surface area contributed by atoms with E-state index in [1.54, 1.807) is 22.0 Å². The van der Waals surface area contributed by atoms with Crippen LogP contribution in [0.1, 0.15) is 37.3 Å². The fourth-order valence-corrected chi connectivity index (χ4v) is 3.71. The zero-order valence-electron chi connectivity index (χ0n) is 15.6.